The number of aromatic nitrogens is 1. The highest BCUT2D eigenvalue weighted by atomic mass is 14.9. The number of hydrogen-bond acceptors (Lipinski definition) is 0. The van der Waals surface area contributed by atoms with Crippen LogP contribution in [0, 0.1) is 19.8 Å². The zero-order valence-corrected chi connectivity index (χ0v) is 13.9. The molecule has 0 N–H and O–H groups in total. The smallest absolute Gasteiger partial charge is 0.201 e. The van der Waals surface area contributed by atoms with E-state index in [4.69, 9.17) is 5.48 Å². The predicted molar refractivity (Wildman–Crippen MR) is 90.4 cm³/mol. The summed E-state index contributed by atoms with van der Waals surface area (Å²) in [4.78, 5) is 0. The largest absolute Gasteiger partial charge is 0.212 e. The molecule has 0 aliphatic carbocycles. The fraction of sp³-hybridized carbons (Fsp3) is 0.450. The number of nitrogens with zero attached hydrogens (tertiary/aromatic N) is 1. The van der Waals surface area contributed by atoms with E-state index in [1.54, 1.807) is 6.20 Å². The predicted octanol–water partition coefficient (Wildman–Crippen LogP) is 4.56. The third-order valence-corrected chi connectivity index (χ3v) is 3.65. The lowest BCUT2D eigenvalue weighted by atomic mass is 9.95. The molecule has 1 nitrogen and oxygen atoms in total. The van der Waals surface area contributed by atoms with Gasteiger partial charge in [0.05, 0.1) is 0 Å². The first-order valence-electron chi connectivity index (χ1n) is 9.48. The summed E-state index contributed by atoms with van der Waals surface area (Å²) in [7, 11) is 1.89. The van der Waals surface area contributed by atoms with Crippen molar-refractivity contribution in [1.82, 2.24) is 0 Å². The Bertz CT molecular complexity index is 789. The first kappa shape index (κ1) is 11.0. The molecule has 2 aromatic rings. The van der Waals surface area contributed by atoms with E-state index in [0.29, 0.717) is 11.1 Å². The summed E-state index contributed by atoms with van der Waals surface area (Å²) in [5, 5.41) is 0. The van der Waals surface area contributed by atoms with Crippen molar-refractivity contribution in [2.75, 3.05) is 0 Å². The highest BCUT2D eigenvalue weighted by Crippen LogP contribution is 2.24. The van der Waals surface area contributed by atoms with Gasteiger partial charge in [-0.1, -0.05) is 38.5 Å². The van der Waals surface area contributed by atoms with Gasteiger partial charge < -0.3 is 0 Å². The van der Waals surface area contributed by atoms with E-state index >= 15 is 0 Å². The van der Waals surface area contributed by atoms with Gasteiger partial charge in [0.25, 0.3) is 0 Å². The van der Waals surface area contributed by atoms with Crippen molar-refractivity contribution in [2.24, 2.45) is 13.0 Å². The van der Waals surface area contributed by atoms with Gasteiger partial charge in [-0.3, -0.25) is 0 Å². The van der Waals surface area contributed by atoms with Crippen LogP contribution in [-0.2, 0) is 19.8 Å². The lowest BCUT2D eigenvalue weighted by Gasteiger charge is -2.12. The van der Waals surface area contributed by atoms with Crippen LogP contribution >= 0.6 is 0 Å². The zero-order chi connectivity index (χ0) is 19.2. The van der Waals surface area contributed by atoms with Crippen molar-refractivity contribution >= 4 is 0 Å². The van der Waals surface area contributed by atoms with Crippen LogP contribution in [-0.4, -0.2) is 0 Å². The first-order valence-corrected chi connectivity index (χ1v) is 7.48. The average molecular weight is 286 g/mol. The van der Waals surface area contributed by atoms with Crippen LogP contribution in [0.25, 0.3) is 11.3 Å². The van der Waals surface area contributed by atoms with E-state index in [1.165, 1.54) is 12.5 Å². The summed E-state index contributed by atoms with van der Waals surface area (Å²) < 4.78 is 35.3. The molecule has 112 valence electrons. The number of aryl methyl sites for hydroxylation is 4. The first-order chi connectivity index (χ1) is 11.4. The van der Waals surface area contributed by atoms with Gasteiger partial charge in [0.1, 0.15) is 7.05 Å². The topological polar surface area (TPSA) is 3.88 Å². The van der Waals surface area contributed by atoms with Gasteiger partial charge >= 0.3 is 0 Å². The van der Waals surface area contributed by atoms with Crippen LogP contribution in [0.2, 0.25) is 0 Å². The molecule has 0 unspecified atom stereocenters. The second-order valence-electron chi connectivity index (χ2n) is 5.96. The Hall–Kier alpha value is -1.63. The van der Waals surface area contributed by atoms with Crippen molar-refractivity contribution in [3.05, 3.63) is 52.7 Å². The summed E-state index contributed by atoms with van der Waals surface area (Å²) in [5.74, 6) is -0.249. The highest BCUT2D eigenvalue weighted by Gasteiger charge is 2.17. The number of hydrogen-bond donors (Lipinski definition) is 0. The van der Waals surface area contributed by atoms with E-state index in [0.717, 1.165) is 16.8 Å². The average Bonchev–Trinajstić information content (AvgIpc) is 2.46. The van der Waals surface area contributed by atoms with Crippen molar-refractivity contribution in [1.29, 1.82) is 0 Å². The van der Waals surface area contributed by atoms with Crippen LogP contribution in [0.3, 0.4) is 0 Å². The molecule has 1 heterocycles. The molecule has 1 heteroatoms. The van der Waals surface area contributed by atoms with Crippen LogP contribution in [0.15, 0.2) is 30.5 Å². The maximum atomic E-state index is 8.47. The van der Waals surface area contributed by atoms with Gasteiger partial charge in [0.15, 0.2) is 6.20 Å². The highest BCUT2D eigenvalue weighted by molar-refractivity contribution is 5.62. The SMILES string of the molecule is [2H]C([2H])(C)c1cc(-c2ccc(C)cc2C)[n+](C)cc1C([2H])([2H])C(C)C. The fourth-order valence-electron chi connectivity index (χ4n) is 2.65. The number of pyridine rings is 1. The molecule has 1 aromatic carbocycles. The van der Waals surface area contributed by atoms with E-state index < -0.39 is 12.7 Å². The molecule has 0 aliphatic heterocycles. The van der Waals surface area contributed by atoms with Crippen molar-refractivity contribution < 1.29 is 10.1 Å². The minimum atomic E-state index is -1.63. The zero-order valence-electron chi connectivity index (χ0n) is 17.9. The van der Waals surface area contributed by atoms with Gasteiger partial charge in [-0.2, -0.15) is 0 Å². The molecule has 0 atom stereocenters. The van der Waals surface area contributed by atoms with Gasteiger partial charge in [-0.05, 0) is 49.7 Å². The van der Waals surface area contributed by atoms with Gasteiger partial charge in [0, 0.05) is 22.7 Å². The van der Waals surface area contributed by atoms with Crippen LogP contribution in [0.5, 0.6) is 0 Å². The minimum Gasteiger partial charge on any atom is -0.201 e. The monoisotopic (exact) mass is 286 g/mol. The molecular formula is C20H28N+. The Morgan fingerprint density at radius 1 is 1.14 bits per heavy atom. The molecule has 0 fully saturated rings. The number of benzene rings is 1. The summed E-state index contributed by atoms with van der Waals surface area (Å²) in [5.41, 5.74) is 5.07. The normalized spacial score (nSPS) is 15.4. The van der Waals surface area contributed by atoms with Crippen LogP contribution in [0.4, 0.5) is 0 Å². The molecule has 0 spiro atoms. The third-order valence-electron chi connectivity index (χ3n) is 3.65. The molecule has 0 saturated carbocycles. The third kappa shape index (κ3) is 3.53. The Balaban J connectivity index is 2.79. The van der Waals surface area contributed by atoms with E-state index in [2.05, 4.69) is 6.07 Å². The number of rotatable bonds is 4. The molecular weight excluding hydrogens is 254 g/mol. The van der Waals surface area contributed by atoms with Crippen molar-refractivity contribution in [3.63, 3.8) is 0 Å². The van der Waals surface area contributed by atoms with Crippen molar-refractivity contribution in [3.8, 4) is 11.3 Å². The molecule has 0 bridgehead atoms. The molecule has 21 heavy (non-hydrogen) atoms. The summed E-state index contributed by atoms with van der Waals surface area (Å²) in [6.45, 7) is 9.24. The Kier molecular flexibility index (Phi) is 3.37. The Labute approximate surface area is 135 Å². The van der Waals surface area contributed by atoms with Gasteiger partial charge in [-0.25, -0.2) is 4.57 Å². The standard InChI is InChI=1S/C20H28N/c1-7-17-12-20(19-9-8-15(4)11-16(19)5)21(6)13-18(17)10-14(2)3/h8-9,11-14H,7,10H2,1-6H3/q+1/i7D2,10D2. The summed E-state index contributed by atoms with van der Waals surface area (Å²) in [6, 6.07) is 8.01. The quantitative estimate of drug-likeness (QED) is 0.726. The second kappa shape index (κ2) is 6.43. The van der Waals surface area contributed by atoms with E-state index in [9.17, 15) is 0 Å². The minimum absolute atomic E-state index is 0.249. The Morgan fingerprint density at radius 2 is 1.86 bits per heavy atom. The van der Waals surface area contributed by atoms with Crippen molar-refractivity contribution in [2.45, 2.75) is 47.4 Å². The molecule has 0 saturated heterocycles. The Morgan fingerprint density at radius 3 is 2.43 bits per heavy atom. The second-order valence-corrected chi connectivity index (χ2v) is 5.96. The molecule has 0 amide bonds. The molecule has 0 radical (unpaired) electrons. The van der Waals surface area contributed by atoms with Crippen LogP contribution < -0.4 is 4.57 Å². The van der Waals surface area contributed by atoms with Gasteiger partial charge in [-0.15, -0.1) is 0 Å². The molecule has 0 aliphatic rings. The lowest BCUT2D eigenvalue weighted by Crippen LogP contribution is -2.32. The van der Waals surface area contributed by atoms with E-state index in [-0.39, 0.29) is 5.92 Å². The lowest BCUT2D eigenvalue weighted by molar-refractivity contribution is -0.660. The van der Waals surface area contributed by atoms with Crippen LogP contribution in [0.1, 0.15) is 48.5 Å². The molecule has 2 rings (SSSR count). The fourth-order valence-corrected chi connectivity index (χ4v) is 2.65. The maximum absolute atomic E-state index is 8.47. The summed E-state index contributed by atoms with van der Waals surface area (Å²) in [6.07, 6.45) is -1.47. The van der Waals surface area contributed by atoms with Gasteiger partial charge in [0.2, 0.25) is 5.69 Å². The summed E-state index contributed by atoms with van der Waals surface area (Å²) >= 11 is 0. The van der Waals surface area contributed by atoms with E-state index in [1.807, 2.05) is 57.5 Å². The molecule has 1 aromatic heterocycles. The maximum Gasteiger partial charge on any atom is 0.212 e.